The molecule has 0 N–H and O–H groups in total. The van der Waals surface area contributed by atoms with Crippen molar-refractivity contribution >= 4 is 55.2 Å². The van der Waals surface area contributed by atoms with Gasteiger partial charge in [0.2, 0.25) is 0 Å². The van der Waals surface area contributed by atoms with Crippen LogP contribution in [0.4, 0.5) is 9.52 Å². The molecule has 4 rings (SSSR count). The van der Waals surface area contributed by atoms with E-state index >= 15 is 0 Å². The minimum absolute atomic E-state index is 0.190. The Hall–Kier alpha value is -2.39. The Kier molecular flexibility index (Phi) is 5.13. The molecule has 0 aliphatic heterocycles. The maximum absolute atomic E-state index is 14.1. The van der Waals surface area contributed by atoms with Gasteiger partial charge in [-0.05, 0) is 59.0 Å². The highest BCUT2D eigenvalue weighted by atomic mass is 127. The Morgan fingerprint density at radius 2 is 1.89 bits per heavy atom. The number of hydrogen-bond donors (Lipinski definition) is 0. The third kappa shape index (κ3) is 3.70. The number of pyridine rings is 1. The standard InChI is InChI=1S/C20H13FIN3OS/c21-15-8-5-10-17-18(15)24-20(27-17)25(12-13-6-3-4-11-23-13)19(26)14-7-1-2-9-16(14)22/h1-11H,12H2. The molecular weight excluding hydrogens is 476 g/mol. The third-order valence-electron chi connectivity index (χ3n) is 3.99. The van der Waals surface area contributed by atoms with Crippen molar-refractivity contribution in [1.29, 1.82) is 0 Å². The SMILES string of the molecule is O=C(c1ccccc1I)N(Cc1ccccn1)c1nc2c(F)cccc2s1. The maximum atomic E-state index is 14.1. The lowest BCUT2D eigenvalue weighted by molar-refractivity contribution is 0.0984. The number of amides is 1. The molecule has 0 saturated carbocycles. The van der Waals surface area contributed by atoms with Crippen molar-refractivity contribution in [2.24, 2.45) is 0 Å². The van der Waals surface area contributed by atoms with Crippen molar-refractivity contribution in [1.82, 2.24) is 9.97 Å². The summed E-state index contributed by atoms with van der Waals surface area (Å²) in [6.07, 6.45) is 1.68. The molecule has 27 heavy (non-hydrogen) atoms. The van der Waals surface area contributed by atoms with E-state index in [2.05, 4.69) is 32.6 Å². The number of fused-ring (bicyclic) bond motifs is 1. The maximum Gasteiger partial charge on any atom is 0.261 e. The van der Waals surface area contributed by atoms with Crippen LogP contribution >= 0.6 is 33.9 Å². The van der Waals surface area contributed by atoms with Gasteiger partial charge in [-0.3, -0.25) is 14.7 Å². The van der Waals surface area contributed by atoms with Crippen molar-refractivity contribution in [2.75, 3.05) is 4.90 Å². The molecule has 0 fully saturated rings. The summed E-state index contributed by atoms with van der Waals surface area (Å²) in [6.45, 7) is 0.256. The van der Waals surface area contributed by atoms with E-state index in [4.69, 9.17) is 0 Å². The average Bonchev–Trinajstić information content (AvgIpc) is 3.12. The number of carbonyl (C=O) groups excluding carboxylic acids is 1. The molecule has 2 heterocycles. The number of anilines is 1. The molecule has 2 aromatic carbocycles. The molecule has 1 amide bonds. The summed E-state index contributed by atoms with van der Waals surface area (Å²) in [5.41, 5.74) is 1.59. The fourth-order valence-corrected chi connectivity index (χ4v) is 4.27. The van der Waals surface area contributed by atoms with Crippen LogP contribution in [0.1, 0.15) is 16.1 Å². The van der Waals surface area contributed by atoms with Crippen molar-refractivity contribution in [3.05, 3.63) is 87.5 Å². The molecule has 134 valence electrons. The first kappa shape index (κ1) is 18.0. The normalized spacial score (nSPS) is 10.9. The van der Waals surface area contributed by atoms with Gasteiger partial charge in [0.15, 0.2) is 5.13 Å². The average molecular weight is 489 g/mol. The number of benzene rings is 2. The molecule has 0 bridgehead atoms. The Morgan fingerprint density at radius 3 is 2.63 bits per heavy atom. The molecule has 2 aromatic heterocycles. The number of aromatic nitrogens is 2. The second-order valence-corrected chi connectivity index (χ2v) is 7.95. The minimum Gasteiger partial charge on any atom is -0.278 e. The van der Waals surface area contributed by atoms with Crippen LogP contribution < -0.4 is 4.90 Å². The first-order valence-electron chi connectivity index (χ1n) is 8.15. The van der Waals surface area contributed by atoms with Crippen molar-refractivity contribution in [2.45, 2.75) is 6.54 Å². The van der Waals surface area contributed by atoms with Crippen LogP contribution in [-0.4, -0.2) is 15.9 Å². The summed E-state index contributed by atoms with van der Waals surface area (Å²) in [6, 6.07) is 17.7. The zero-order chi connectivity index (χ0) is 18.8. The van der Waals surface area contributed by atoms with E-state index in [9.17, 15) is 9.18 Å². The highest BCUT2D eigenvalue weighted by Crippen LogP contribution is 2.32. The predicted molar refractivity (Wildman–Crippen MR) is 113 cm³/mol. The van der Waals surface area contributed by atoms with Gasteiger partial charge in [-0.15, -0.1) is 0 Å². The number of nitrogens with zero attached hydrogens (tertiary/aromatic N) is 3. The highest BCUT2D eigenvalue weighted by molar-refractivity contribution is 14.1. The van der Waals surface area contributed by atoms with E-state index in [-0.39, 0.29) is 18.0 Å². The molecule has 0 unspecified atom stereocenters. The molecule has 7 heteroatoms. The molecule has 0 atom stereocenters. The van der Waals surface area contributed by atoms with Crippen LogP contribution in [0.3, 0.4) is 0 Å². The number of thiazole rings is 1. The molecule has 0 aliphatic rings. The van der Waals surface area contributed by atoms with E-state index in [1.165, 1.54) is 17.4 Å². The predicted octanol–water partition coefficient (Wildman–Crippen LogP) is 5.28. The lowest BCUT2D eigenvalue weighted by Gasteiger charge is -2.20. The van der Waals surface area contributed by atoms with E-state index in [1.807, 2.05) is 36.4 Å². The fraction of sp³-hybridized carbons (Fsp3) is 0.0500. The van der Waals surface area contributed by atoms with Gasteiger partial charge in [0.05, 0.1) is 22.5 Å². The van der Waals surface area contributed by atoms with Crippen LogP contribution in [0, 0.1) is 9.39 Å². The topological polar surface area (TPSA) is 46.1 Å². The number of halogens is 2. The van der Waals surface area contributed by atoms with Gasteiger partial charge in [0, 0.05) is 9.77 Å². The summed E-state index contributed by atoms with van der Waals surface area (Å²) in [4.78, 5) is 23.6. The van der Waals surface area contributed by atoms with Crippen molar-refractivity contribution in [3.8, 4) is 0 Å². The van der Waals surface area contributed by atoms with E-state index in [0.717, 1.165) is 9.26 Å². The van der Waals surface area contributed by atoms with Crippen LogP contribution in [0.25, 0.3) is 10.2 Å². The van der Waals surface area contributed by atoms with Gasteiger partial charge in [-0.2, -0.15) is 0 Å². The smallest absolute Gasteiger partial charge is 0.261 e. The quantitative estimate of drug-likeness (QED) is 0.367. The molecule has 0 saturated heterocycles. The number of carbonyl (C=O) groups is 1. The van der Waals surface area contributed by atoms with Gasteiger partial charge in [-0.1, -0.05) is 35.6 Å². The van der Waals surface area contributed by atoms with Gasteiger partial charge < -0.3 is 0 Å². The zero-order valence-electron chi connectivity index (χ0n) is 14.0. The summed E-state index contributed by atoms with van der Waals surface area (Å²) >= 11 is 3.43. The van der Waals surface area contributed by atoms with Gasteiger partial charge in [0.25, 0.3) is 5.91 Å². The Labute approximate surface area is 172 Å². The van der Waals surface area contributed by atoms with Crippen LogP contribution in [-0.2, 0) is 6.54 Å². The first-order chi connectivity index (χ1) is 13.1. The van der Waals surface area contributed by atoms with Gasteiger partial charge in [0.1, 0.15) is 11.3 Å². The zero-order valence-corrected chi connectivity index (χ0v) is 16.9. The Balaban J connectivity index is 1.81. The van der Waals surface area contributed by atoms with Gasteiger partial charge in [-0.25, -0.2) is 9.37 Å². The van der Waals surface area contributed by atoms with Crippen molar-refractivity contribution < 1.29 is 9.18 Å². The van der Waals surface area contributed by atoms with Crippen molar-refractivity contribution in [3.63, 3.8) is 0 Å². The summed E-state index contributed by atoms with van der Waals surface area (Å²) in [7, 11) is 0. The third-order valence-corrected chi connectivity index (χ3v) is 5.97. The van der Waals surface area contributed by atoms with Gasteiger partial charge >= 0.3 is 0 Å². The molecule has 0 radical (unpaired) electrons. The fourth-order valence-electron chi connectivity index (χ4n) is 2.68. The number of para-hydroxylation sites is 1. The summed E-state index contributed by atoms with van der Waals surface area (Å²) in [5, 5.41) is 0.449. The largest absolute Gasteiger partial charge is 0.278 e. The minimum atomic E-state index is -0.394. The molecule has 4 aromatic rings. The number of hydrogen-bond acceptors (Lipinski definition) is 4. The second-order valence-electron chi connectivity index (χ2n) is 5.78. The lowest BCUT2D eigenvalue weighted by atomic mass is 10.2. The van der Waals surface area contributed by atoms with E-state index in [1.54, 1.807) is 29.3 Å². The van der Waals surface area contributed by atoms with Crippen LogP contribution in [0.15, 0.2) is 66.9 Å². The number of rotatable bonds is 4. The monoisotopic (exact) mass is 489 g/mol. The molecule has 4 nitrogen and oxygen atoms in total. The molecule has 0 spiro atoms. The summed E-state index contributed by atoms with van der Waals surface area (Å²) < 4.78 is 15.7. The highest BCUT2D eigenvalue weighted by Gasteiger charge is 2.24. The van der Waals surface area contributed by atoms with Crippen LogP contribution in [0.5, 0.6) is 0 Å². The molecular formula is C20H13FIN3OS. The lowest BCUT2D eigenvalue weighted by Crippen LogP contribution is -2.31. The van der Waals surface area contributed by atoms with Crippen LogP contribution in [0.2, 0.25) is 0 Å². The first-order valence-corrected chi connectivity index (χ1v) is 10.0. The molecule has 0 aliphatic carbocycles. The summed E-state index contributed by atoms with van der Waals surface area (Å²) in [5.74, 6) is -0.584. The van der Waals surface area contributed by atoms with E-state index < -0.39 is 5.82 Å². The Morgan fingerprint density at radius 1 is 1.07 bits per heavy atom. The Bertz CT molecular complexity index is 1120. The van der Waals surface area contributed by atoms with E-state index in [0.29, 0.717) is 15.4 Å². The second kappa shape index (κ2) is 7.69.